The molecule has 1 aromatic carbocycles. The lowest BCUT2D eigenvalue weighted by molar-refractivity contribution is 0.299. The minimum atomic E-state index is -3.46. The number of benzene rings is 1. The molecule has 26 heavy (non-hydrogen) atoms. The Balaban J connectivity index is 1.56. The fourth-order valence-electron chi connectivity index (χ4n) is 3.78. The van der Waals surface area contributed by atoms with Crippen molar-refractivity contribution in [2.45, 2.75) is 36.6 Å². The summed E-state index contributed by atoms with van der Waals surface area (Å²) < 4.78 is 27.4. The average molecular weight is 372 g/mol. The van der Waals surface area contributed by atoms with Crippen LogP contribution in [0.2, 0.25) is 0 Å². The van der Waals surface area contributed by atoms with Gasteiger partial charge in [-0.1, -0.05) is 18.2 Å². The van der Waals surface area contributed by atoms with E-state index in [1.54, 1.807) is 28.6 Å². The molecule has 0 amide bonds. The molecule has 0 bridgehead atoms. The van der Waals surface area contributed by atoms with Gasteiger partial charge in [-0.2, -0.15) is 4.31 Å². The van der Waals surface area contributed by atoms with Gasteiger partial charge < -0.3 is 4.90 Å². The zero-order chi connectivity index (χ0) is 18.1. The molecule has 7 heteroatoms. The van der Waals surface area contributed by atoms with Gasteiger partial charge in [-0.3, -0.25) is 0 Å². The minimum absolute atomic E-state index is 0.0622. The van der Waals surface area contributed by atoms with E-state index in [1.165, 1.54) is 5.56 Å². The minimum Gasteiger partial charge on any atom is -0.302 e. The largest absolute Gasteiger partial charge is 0.302 e. The summed E-state index contributed by atoms with van der Waals surface area (Å²) in [6, 6.07) is 8.67. The molecule has 138 valence electrons. The van der Waals surface area contributed by atoms with Crippen molar-refractivity contribution in [1.29, 1.82) is 0 Å². The van der Waals surface area contributed by atoms with Crippen LogP contribution in [0.3, 0.4) is 0 Å². The van der Waals surface area contributed by atoms with Gasteiger partial charge in [-0.25, -0.2) is 18.4 Å². The number of sulfonamides is 1. The van der Waals surface area contributed by atoms with Crippen molar-refractivity contribution in [3.8, 4) is 0 Å². The van der Waals surface area contributed by atoms with Crippen LogP contribution in [-0.4, -0.2) is 54.3 Å². The van der Waals surface area contributed by atoms with E-state index in [0.29, 0.717) is 18.0 Å². The molecule has 3 heterocycles. The first kappa shape index (κ1) is 17.6. The second-order valence-corrected chi connectivity index (χ2v) is 9.14. The Hall–Kier alpha value is -1.83. The van der Waals surface area contributed by atoms with E-state index in [1.807, 2.05) is 12.3 Å². The van der Waals surface area contributed by atoms with Crippen LogP contribution >= 0.6 is 0 Å². The SMILES string of the molecule is CN1CCc2nc([C@H]3CCCN(S(=O)(=O)c4ccccc4)C3)ncc2C1. The summed E-state index contributed by atoms with van der Waals surface area (Å²) in [5, 5.41) is 0. The van der Waals surface area contributed by atoms with Gasteiger partial charge in [0.15, 0.2) is 0 Å². The highest BCUT2D eigenvalue weighted by Crippen LogP contribution is 2.29. The molecule has 0 saturated carbocycles. The highest BCUT2D eigenvalue weighted by Gasteiger charge is 2.32. The van der Waals surface area contributed by atoms with Crippen molar-refractivity contribution in [3.05, 3.63) is 53.6 Å². The monoisotopic (exact) mass is 372 g/mol. The quantitative estimate of drug-likeness (QED) is 0.825. The Morgan fingerprint density at radius 1 is 1.15 bits per heavy atom. The van der Waals surface area contributed by atoms with Crippen molar-refractivity contribution in [2.24, 2.45) is 0 Å². The van der Waals surface area contributed by atoms with Crippen molar-refractivity contribution < 1.29 is 8.42 Å². The maximum atomic E-state index is 12.9. The van der Waals surface area contributed by atoms with Crippen LogP contribution in [0.5, 0.6) is 0 Å². The van der Waals surface area contributed by atoms with Crippen LogP contribution < -0.4 is 0 Å². The molecule has 0 radical (unpaired) electrons. The van der Waals surface area contributed by atoms with E-state index in [-0.39, 0.29) is 5.92 Å². The smallest absolute Gasteiger partial charge is 0.243 e. The van der Waals surface area contributed by atoms with Crippen LogP contribution in [0, 0.1) is 0 Å². The number of aromatic nitrogens is 2. The summed E-state index contributed by atoms with van der Waals surface area (Å²) in [7, 11) is -1.35. The maximum Gasteiger partial charge on any atom is 0.243 e. The average Bonchev–Trinajstić information content (AvgIpc) is 2.68. The highest BCUT2D eigenvalue weighted by molar-refractivity contribution is 7.89. The van der Waals surface area contributed by atoms with Crippen LogP contribution in [0.15, 0.2) is 41.4 Å². The molecule has 1 aromatic heterocycles. The normalized spacial score (nSPS) is 22.1. The van der Waals surface area contributed by atoms with Gasteiger partial charge in [-0.15, -0.1) is 0 Å². The molecule has 1 saturated heterocycles. The van der Waals surface area contributed by atoms with Gasteiger partial charge >= 0.3 is 0 Å². The molecule has 2 aliphatic heterocycles. The molecule has 1 atom stereocenters. The van der Waals surface area contributed by atoms with Crippen molar-refractivity contribution in [2.75, 3.05) is 26.7 Å². The van der Waals surface area contributed by atoms with Crippen LogP contribution in [0.25, 0.3) is 0 Å². The van der Waals surface area contributed by atoms with Gasteiger partial charge in [0.2, 0.25) is 10.0 Å². The van der Waals surface area contributed by atoms with E-state index < -0.39 is 10.0 Å². The lowest BCUT2D eigenvalue weighted by Crippen LogP contribution is -2.39. The predicted octanol–water partition coefficient (Wildman–Crippen LogP) is 2.03. The highest BCUT2D eigenvalue weighted by atomic mass is 32.2. The number of likely N-dealkylation sites (N-methyl/N-ethyl adjacent to an activating group) is 1. The van der Waals surface area contributed by atoms with Crippen LogP contribution in [-0.2, 0) is 23.0 Å². The molecular formula is C19H24N4O2S. The third-order valence-corrected chi connectivity index (χ3v) is 7.15. The fourth-order valence-corrected chi connectivity index (χ4v) is 5.33. The topological polar surface area (TPSA) is 66.4 Å². The van der Waals surface area contributed by atoms with Gasteiger partial charge in [-0.05, 0) is 32.0 Å². The third kappa shape index (κ3) is 3.39. The summed E-state index contributed by atoms with van der Waals surface area (Å²) in [6.45, 7) is 2.90. The van der Waals surface area contributed by atoms with Gasteiger partial charge in [0, 0.05) is 56.0 Å². The van der Waals surface area contributed by atoms with Gasteiger partial charge in [0.25, 0.3) is 0 Å². The van der Waals surface area contributed by atoms with E-state index in [0.717, 1.165) is 43.9 Å². The lowest BCUT2D eigenvalue weighted by Gasteiger charge is -2.32. The number of rotatable bonds is 3. The second-order valence-electron chi connectivity index (χ2n) is 7.20. The number of fused-ring (bicyclic) bond motifs is 1. The number of nitrogens with zero attached hydrogens (tertiary/aromatic N) is 4. The second kappa shape index (κ2) is 7.06. The predicted molar refractivity (Wildman–Crippen MR) is 99.2 cm³/mol. The summed E-state index contributed by atoms with van der Waals surface area (Å²) in [5.41, 5.74) is 2.31. The first-order chi connectivity index (χ1) is 12.5. The summed E-state index contributed by atoms with van der Waals surface area (Å²) >= 11 is 0. The van der Waals surface area contributed by atoms with E-state index in [4.69, 9.17) is 4.98 Å². The Kier molecular flexibility index (Phi) is 4.77. The zero-order valence-corrected chi connectivity index (χ0v) is 15.8. The van der Waals surface area contributed by atoms with Crippen molar-refractivity contribution >= 4 is 10.0 Å². The molecule has 0 aliphatic carbocycles. The number of hydrogen-bond donors (Lipinski definition) is 0. The molecule has 6 nitrogen and oxygen atoms in total. The van der Waals surface area contributed by atoms with Crippen molar-refractivity contribution in [3.63, 3.8) is 0 Å². The molecule has 2 aliphatic rings. The molecular weight excluding hydrogens is 348 g/mol. The molecule has 0 unspecified atom stereocenters. The first-order valence-corrected chi connectivity index (χ1v) is 10.6. The number of piperidine rings is 1. The van der Waals surface area contributed by atoms with Crippen LogP contribution in [0.4, 0.5) is 0 Å². The zero-order valence-electron chi connectivity index (χ0n) is 15.0. The summed E-state index contributed by atoms with van der Waals surface area (Å²) in [5.74, 6) is 0.855. The Labute approximate surface area is 154 Å². The molecule has 2 aromatic rings. The molecule has 1 fully saturated rings. The van der Waals surface area contributed by atoms with Crippen LogP contribution in [0.1, 0.15) is 35.8 Å². The summed E-state index contributed by atoms with van der Waals surface area (Å²) in [4.78, 5) is 12.0. The number of hydrogen-bond acceptors (Lipinski definition) is 5. The Bertz CT molecular complexity index is 886. The first-order valence-electron chi connectivity index (χ1n) is 9.12. The van der Waals surface area contributed by atoms with Crippen molar-refractivity contribution in [1.82, 2.24) is 19.2 Å². The fraction of sp³-hybridized carbons (Fsp3) is 0.474. The molecule has 0 spiro atoms. The van der Waals surface area contributed by atoms with E-state index in [9.17, 15) is 8.42 Å². The van der Waals surface area contributed by atoms with Gasteiger partial charge in [0.05, 0.1) is 4.90 Å². The standard InChI is InChI=1S/C19H24N4O2S/c1-22-11-9-18-16(13-22)12-20-19(21-18)15-6-5-10-23(14-15)26(24,25)17-7-3-2-4-8-17/h2-4,7-8,12,15H,5-6,9-11,13-14H2,1H3/t15-/m0/s1. The molecule has 0 N–H and O–H groups in total. The van der Waals surface area contributed by atoms with Gasteiger partial charge in [0.1, 0.15) is 5.82 Å². The Morgan fingerprint density at radius 3 is 2.77 bits per heavy atom. The lowest BCUT2D eigenvalue weighted by atomic mass is 9.98. The molecule has 4 rings (SSSR count). The van der Waals surface area contributed by atoms with E-state index in [2.05, 4.69) is 16.9 Å². The summed E-state index contributed by atoms with van der Waals surface area (Å²) in [6.07, 6.45) is 4.62. The van der Waals surface area contributed by atoms with E-state index >= 15 is 0 Å². The third-order valence-electron chi connectivity index (χ3n) is 5.27. The Morgan fingerprint density at radius 2 is 1.96 bits per heavy atom. The maximum absolute atomic E-state index is 12.9.